The monoisotopic (exact) mass is 285 g/mol. The minimum atomic E-state index is -0.952. The molecule has 6 heteroatoms. The quantitative estimate of drug-likeness (QED) is 0.800. The van der Waals surface area contributed by atoms with Gasteiger partial charge in [0, 0.05) is 19.1 Å². The summed E-state index contributed by atoms with van der Waals surface area (Å²) < 4.78 is 0. The van der Waals surface area contributed by atoms with E-state index in [2.05, 4.69) is 10.2 Å². The highest BCUT2D eigenvalue weighted by Gasteiger charge is 2.27. The van der Waals surface area contributed by atoms with Crippen LogP contribution >= 0.6 is 0 Å². The molecule has 20 heavy (non-hydrogen) atoms. The van der Waals surface area contributed by atoms with Gasteiger partial charge < -0.3 is 20.2 Å². The fraction of sp³-hybridized carbons (Fsp3) is 0.857. The number of carboxylic acids is 1. The first kappa shape index (κ1) is 16.8. The highest BCUT2D eigenvalue weighted by atomic mass is 16.4. The molecule has 1 unspecified atom stereocenters. The molecule has 0 aromatic rings. The number of carbonyl (C=O) groups excluding carboxylic acids is 1. The van der Waals surface area contributed by atoms with E-state index in [0.29, 0.717) is 13.0 Å². The molecule has 0 aliphatic carbocycles. The Morgan fingerprint density at radius 1 is 1.40 bits per heavy atom. The number of nitrogens with zero attached hydrogens (tertiary/aromatic N) is 2. The van der Waals surface area contributed by atoms with Gasteiger partial charge in [-0.25, -0.2) is 9.59 Å². The maximum absolute atomic E-state index is 12.3. The lowest BCUT2D eigenvalue weighted by atomic mass is 10.1. The lowest BCUT2D eigenvalue weighted by Crippen LogP contribution is -2.51. The van der Waals surface area contributed by atoms with Crippen LogP contribution in [0.2, 0.25) is 0 Å². The number of urea groups is 1. The Hall–Kier alpha value is -1.30. The number of unbranched alkanes of at least 4 members (excludes halogenated alkanes) is 1. The van der Waals surface area contributed by atoms with E-state index in [0.717, 1.165) is 32.4 Å². The number of carbonyl (C=O) groups is 2. The van der Waals surface area contributed by atoms with Crippen molar-refractivity contribution >= 4 is 12.0 Å². The molecule has 0 bridgehead atoms. The van der Waals surface area contributed by atoms with Gasteiger partial charge >= 0.3 is 12.0 Å². The van der Waals surface area contributed by atoms with Gasteiger partial charge in [-0.05, 0) is 33.4 Å². The maximum Gasteiger partial charge on any atom is 0.326 e. The van der Waals surface area contributed by atoms with Gasteiger partial charge in [0.1, 0.15) is 6.04 Å². The number of likely N-dealkylation sites (N-methyl/N-ethyl adjacent to an activating group) is 1. The van der Waals surface area contributed by atoms with E-state index in [9.17, 15) is 9.59 Å². The summed E-state index contributed by atoms with van der Waals surface area (Å²) in [5.41, 5.74) is 0. The zero-order chi connectivity index (χ0) is 15.1. The summed E-state index contributed by atoms with van der Waals surface area (Å²) >= 11 is 0. The zero-order valence-electron chi connectivity index (χ0n) is 12.8. The third-order valence-corrected chi connectivity index (χ3v) is 3.75. The molecule has 0 aromatic carbocycles. The maximum atomic E-state index is 12.3. The van der Waals surface area contributed by atoms with Crippen LogP contribution in [0.15, 0.2) is 0 Å². The average Bonchev–Trinajstić information content (AvgIpc) is 2.54. The van der Waals surface area contributed by atoms with Crippen molar-refractivity contribution in [3.8, 4) is 0 Å². The molecule has 1 fully saturated rings. The number of nitrogens with one attached hydrogen (secondary N) is 1. The van der Waals surface area contributed by atoms with E-state index in [1.165, 1.54) is 0 Å². The second kappa shape index (κ2) is 8.09. The molecule has 1 aliphatic heterocycles. The van der Waals surface area contributed by atoms with Gasteiger partial charge in [0.05, 0.1) is 0 Å². The molecule has 1 aliphatic rings. The highest BCUT2D eigenvalue weighted by molar-refractivity contribution is 5.82. The van der Waals surface area contributed by atoms with E-state index in [1.54, 1.807) is 4.90 Å². The van der Waals surface area contributed by atoms with Crippen LogP contribution in [0.25, 0.3) is 0 Å². The molecule has 116 valence electrons. The Bertz CT molecular complexity index is 336. The van der Waals surface area contributed by atoms with E-state index in [-0.39, 0.29) is 12.1 Å². The second-order valence-corrected chi connectivity index (χ2v) is 5.64. The Morgan fingerprint density at radius 3 is 2.70 bits per heavy atom. The molecule has 2 amide bonds. The molecule has 2 atom stereocenters. The lowest BCUT2D eigenvalue weighted by Gasteiger charge is -2.29. The third-order valence-electron chi connectivity index (χ3n) is 3.75. The molecule has 6 nitrogen and oxygen atoms in total. The number of hydrogen-bond acceptors (Lipinski definition) is 3. The molecule has 1 rings (SSSR count). The third kappa shape index (κ3) is 5.00. The van der Waals surface area contributed by atoms with Crippen LogP contribution in [0, 0.1) is 0 Å². The first-order chi connectivity index (χ1) is 9.45. The smallest absolute Gasteiger partial charge is 0.326 e. The second-order valence-electron chi connectivity index (χ2n) is 5.64. The lowest BCUT2D eigenvalue weighted by molar-refractivity contribution is -0.139. The van der Waals surface area contributed by atoms with Crippen LogP contribution in [-0.2, 0) is 4.79 Å². The first-order valence-electron chi connectivity index (χ1n) is 7.44. The van der Waals surface area contributed by atoms with Gasteiger partial charge in [-0.1, -0.05) is 19.8 Å². The van der Waals surface area contributed by atoms with Gasteiger partial charge in [0.25, 0.3) is 0 Å². The van der Waals surface area contributed by atoms with Crippen molar-refractivity contribution in [3.05, 3.63) is 0 Å². The average molecular weight is 285 g/mol. The molecule has 1 saturated heterocycles. The number of amides is 2. The minimum absolute atomic E-state index is 0.100. The van der Waals surface area contributed by atoms with Gasteiger partial charge in [-0.2, -0.15) is 0 Å². The Morgan fingerprint density at radius 2 is 2.10 bits per heavy atom. The SMILES string of the molecule is CCCC[C@H](NC(=O)N1CCCN(C)CC1C)C(=O)O. The summed E-state index contributed by atoms with van der Waals surface area (Å²) in [7, 11) is 2.04. The van der Waals surface area contributed by atoms with Crippen LogP contribution in [0.4, 0.5) is 4.79 Å². The number of carboxylic acid groups (broad SMARTS) is 1. The van der Waals surface area contributed by atoms with E-state index >= 15 is 0 Å². The predicted molar refractivity (Wildman–Crippen MR) is 77.8 cm³/mol. The summed E-state index contributed by atoms with van der Waals surface area (Å²) in [6, 6.07) is -0.935. The minimum Gasteiger partial charge on any atom is -0.480 e. The molecule has 2 N–H and O–H groups in total. The Labute approximate surface area is 121 Å². The normalized spacial score (nSPS) is 22.1. The summed E-state index contributed by atoms with van der Waals surface area (Å²) in [5, 5.41) is 11.8. The zero-order valence-corrected chi connectivity index (χ0v) is 12.8. The molecular formula is C14H27N3O3. The number of aliphatic carboxylic acids is 1. The topological polar surface area (TPSA) is 72.9 Å². The number of rotatable bonds is 5. The fourth-order valence-corrected chi connectivity index (χ4v) is 2.57. The molecule has 0 aromatic heterocycles. The largest absolute Gasteiger partial charge is 0.480 e. The molecule has 0 spiro atoms. The summed E-state index contributed by atoms with van der Waals surface area (Å²) in [4.78, 5) is 27.4. The highest BCUT2D eigenvalue weighted by Crippen LogP contribution is 2.10. The van der Waals surface area contributed by atoms with Crippen molar-refractivity contribution in [3.63, 3.8) is 0 Å². The van der Waals surface area contributed by atoms with Crippen molar-refractivity contribution in [2.24, 2.45) is 0 Å². The van der Waals surface area contributed by atoms with Crippen LogP contribution in [0.1, 0.15) is 39.5 Å². The molecule has 0 radical (unpaired) electrons. The van der Waals surface area contributed by atoms with Gasteiger partial charge in [-0.15, -0.1) is 0 Å². The summed E-state index contributed by atoms with van der Waals surface area (Å²) in [6.07, 6.45) is 3.13. The Kier molecular flexibility index (Phi) is 6.78. The van der Waals surface area contributed by atoms with Crippen molar-refractivity contribution in [1.82, 2.24) is 15.1 Å². The van der Waals surface area contributed by atoms with E-state index in [1.807, 2.05) is 20.9 Å². The van der Waals surface area contributed by atoms with Crippen LogP contribution in [-0.4, -0.2) is 65.7 Å². The molecular weight excluding hydrogens is 258 g/mol. The van der Waals surface area contributed by atoms with Crippen LogP contribution in [0.5, 0.6) is 0 Å². The molecule has 0 saturated carbocycles. The summed E-state index contributed by atoms with van der Waals surface area (Å²) in [5.74, 6) is -0.952. The standard InChI is InChI=1S/C14H27N3O3/c1-4-5-7-12(13(18)19)15-14(20)17-9-6-8-16(3)10-11(17)2/h11-12H,4-10H2,1-3H3,(H,15,20)(H,18,19)/t11?,12-/m0/s1. The predicted octanol–water partition coefficient (Wildman–Crippen LogP) is 1.37. The van der Waals surface area contributed by atoms with Crippen molar-refractivity contribution in [2.45, 2.75) is 51.6 Å². The fourth-order valence-electron chi connectivity index (χ4n) is 2.57. The first-order valence-corrected chi connectivity index (χ1v) is 7.44. The number of hydrogen-bond donors (Lipinski definition) is 2. The van der Waals surface area contributed by atoms with Crippen LogP contribution in [0.3, 0.4) is 0 Å². The van der Waals surface area contributed by atoms with Gasteiger partial charge in [0.15, 0.2) is 0 Å². The van der Waals surface area contributed by atoms with Crippen molar-refractivity contribution in [2.75, 3.05) is 26.7 Å². The summed E-state index contributed by atoms with van der Waals surface area (Å²) in [6.45, 7) is 6.47. The van der Waals surface area contributed by atoms with E-state index in [4.69, 9.17) is 5.11 Å². The molecule has 1 heterocycles. The Balaban J connectivity index is 2.60. The van der Waals surface area contributed by atoms with Crippen LogP contribution < -0.4 is 5.32 Å². The van der Waals surface area contributed by atoms with Crippen molar-refractivity contribution < 1.29 is 14.7 Å². The van der Waals surface area contributed by atoms with Gasteiger partial charge in [0.2, 0.25) is 0 Å². The van der Waals surface area contributed by atoms with Gasteiger partial charge in [-0.3, -0.25) is 0 Å². The van der Waals surface area contributed by atoms with E-state index < -0.39 is 12.0 Å². The van der Waals surface area contributed by atoms with Crippen molar-refractivity contribution in [1.29, 1.82) is 0 Å².